The molecule has 0 spiro atoms. The molecule has 0 aliphatic carbocycles. The summed E-state index contributed by atoms with van der Waals surface area (Å²) in [5.74, 6) is -4.19. The van der Waals surface area contributed by atoms with E-state index >= 15 is 0 Å². The Labute approximate surface area is 105 Å². The molecule has 7 heteroatoms. The van der Waals surface area contributed by atoms with Gasteiger partial charge < -0.3 is 15.2 Å². The lowest BCUT2D eigenvalue weighted by Gasteiger charge is -2.16. The van der Waals surface area contributed by atoms with Crippen LogP contribution in [0.4, 0.5) is 13.2 Å². The van der Waals surface area contributed by atoms with E-state index in [0.717, 1.165) is 6.42 Å². The number of ether oxygens (including phenoxy) is 1. The molecule has 1 atom stereocenters. The van der Waals surface area contributed by atoms with Crippen molar-refractivity contribution in [2.24, 2.45) is 5.92 Å². The Hall–Kier alpha value is -0.820. The first-order valence-corrected chi connectivity index (χ1v) is 5.87. The van der Waals surface area contributed by atoms with Gasteiger partial charge >= 0.3 is 12.1 Å². The van der Waals surface area contributed by atoms with Crippen molar-refractivity contribution >= 4 is 5.97 Å². The molecular weight excluding hydrogens is 251 g/mol. The molecule has 0 heterocycles. The zero-order valence-electron chi connectivity index (χ0n) is 10.6. The van der Waals surface area contributed by atoms with Gasteiger partial charge in [0.15, 0.2) is 5.92 Å². The number of hydrogen-bond acceptors (Lipinski definition) is 3. The first kappa shape index (κ1) is 17.2. The van der Waals surface area contributed by atoms with E-state index in [4.69, 9.17) is 9.84 Å². The van der Waals surface area contributed by atoms with Crippen LogP contribution in [0.1, 0.15) is 26.7 Å². The van der Waals surface area contributed by atoms with Gasteiger partial charge in [0.1, 0.15) is 0 Å². The highest BCUT2D eigenvalue weighted by atomic mass is 19.4. The number of aliphatic carboxylic acids is 1. The van der Waals surface area contributed by atoms with Crippen molar-refractivity contribution in [3.63, 3.8) is 0 Å². The van der Waals surface area contributed by atoms with Crippen LogP contribution in [-0.4, -0.2) is 43.1 Å². The fraction of sp³-hybridized carbons (Fsp3) is 0.909. The van der Waals surface area contributed by atoms with Gasteiger partial charge in [0.05, 0.1) is 6.10 Å². The van der Waals surface area contributed by atoms with Gasteiger partial charge in [-0.1, -0.05) is 0 Å². The Balaban J connectivity index is 3.66. The number of nitrogens with one attached hydrogen (secondary N) is 1. The van der Waals surface area contributed by atoms with E-state index in [1.165, 1.54) is 0 Å². The number of halogens is 3. The van der Waals surface area contributed by atoms with Gasteiger partial charge in [-0.2, -0.15) is 13.2 Å². The number of rotatable bonds is 9. The molecule has 4 nitrogen and oxygen atoms in total. The van der Waals surface area contributed by atoms with E-state index in [1.807, 2.05) is 13.8 Å². The quantitative estimate of drug-likeness (QED) is 0.630. The van der Waals surface area contributed by atoms with Crippen molar-refractivity contribution in [1.29, 1.82) is 0 Å². The number of carboxylic acid groups (broad SMARTS) is 1. The molecular formula is C11H20F3NO3. The molecule has 0 amide bonds. The highest BCUT2D eigenvalue weighted by Gasteiger charge is 2.44. The summed E-state index contributed by atoms with van der Waals surface area (Å²) in [4.78, 5) is 10.4. The van der Waals surface area contributed by atoms with E-state index in [-0.39, 0.29) is 6.10 Å². The molecule has 18 heavy (non-hydrogen) atoms. The van der Waals surface area contributed by atoms with Crippen LogP contribution in [0.5, 0.6) is 0 Å². The van der Waals surface area contributed by atoms with Crippen molar-refractivity contribution in [3.05, 3.63) is 0 Å². The lowest BCUT2D eigenvalue weighted by Crippen LogP contribution is -2.39. The van der Waals surface area contributed by atoms with Crippen LogP contribution >= 0.6 is 0 Å². The Morgan fingerprint density at radius 3 is 2.39 bits per heavy atom. The molecule has 0 rings (SSSR count). The van der Waals surface area contributed by atoms with Crippen LogP contribution in [0.3, 0.4) is 0 Å². The largest absolute Gasteiger partial charge is 0.481 e. The standard InChI is InChI=1S/C11H20F3NO3/c1-8(2)18-6-4-3-5-15-7-9(10(16)17)11(12,13)14/h8-9,15H,3-7H2,1-2H3,(H,16,17). The molecule has 0 aromatic rings. The van der Waals surface area contributed by atoms with E-state index < -0.39 is 24.6 Å². The number of alkyl halides is 3. The lowest BCUT2D eigenvalue weighted by molar-refractivity contribution is -0.192. The highest BCUT2D eigenvalue weighted by molar-refractivity contribution is 5.71. The summed E-state index contributed by atoms with van der Waals surface area (Å²) >= 11 is 0. The molecule has 1 unspecified atom stereocenters. The summed E-state index contributed by atoms with van der Waals surface area (Å²) in [6.07, 6.45) is -3.19. The van der Waals surface area contributed by atoms with Gasteiger partial charge in [0.2, 0.25) is 0 Å². The van der Waals surface area contributed by atoms with E-state index in [0.29, 0.717) is 19.6 Å². The third-order valence-electron chi connectivity index (χ3n) is 2.24. The molecule has 0 bridgehead atoms. The Bertz CT molecular complexity index is 244. The minimum absolute atomic E-state index is 0.138. The van der Waals surface area contributed by atoms with E-state index in [2.05, 4.69) is 5.32 Å². The Kier molecular flexibility index (Phi) is 7.93. The van der Waals surface area contributed by atoms with Crippen LogP contribution in [0.15, 0.2) is 0 Å². The molecule has 0 aromatic carbocycles. The van der Waals surface area contributed by atoms with Crippen LogP contribution in [0, 0.1) is 5.92 Å². The smallest absolute Gasteiger partial charge is 0.403 e. The normalized spacial score (nSPS) is 13.9. The molecule has 0 radical (unpaired) electrons. The van der Waals surface area contributed by atoms with Gasteiger partial charge in [0.25, 0.3) is 0 Å². The van der Waals surface area contributed by atoms with Gasteiger partial charge in [-0.3, -0.25) is 4.79 Å². The molecule has 0 saturated carbocycles. The third kappa shape index (κ3) is 8.30. The summed E-state index contributed by atoms with van der Waals surface area (Å²) in [6.45, 7) is 4.12. The maximum Gasteiger partial charge on any atom is 0.403 e. The van der Waals surface area contributed by atoms with Crippen LogP contribution in [0.2, 0.25) is 0 Å². The highest BCUT2D eigenvalue weighted by Crippen LogP contribution is 2.25. The maximum absolute atomic E-state index is 12.2. The molecule has 0 saturated heterocycles. The van der Waals surface area contributed by atoms with Crippen molar-refractivity contribution in [2.75, 3.05) is 19.7 Å². The summed E-state index contributed by atoms with van der Waals surface area (Å²) in [5.41, 5.74) is 0. The molecule has 0 fully saturated rings. The zero-order chi connectivity index (χ0) is 14.2. The number of carboxylic acids is 1. The average molecular weight is 271 g/mol. The first-order chi connectivity index (χ1) is 8.25. The zero-order valence-corrected chi connectivity index (χ0v) is 10.6. The second-order valence-corrected chi connectivity index (χ2v) is 4.26. The summed E-state index contributed by atoms with van der Waals surface area (Å²) in [7, 11) is 0. The minimum Gasteiger partial charge on any atom is -0.481 e. The predicted octanol–water partition coefficient (Wildman–Crippen LogP) is 2.04. The Morgan fingerprint density at radius 1 is 1.33 bits per heavy atom. The monoisotopic (exact) mass is 271 g/mol. The average Bonchev–Trinajstić information content (AvgIpc) is 2.18. The fourth-order valence-electron chi connectivity index (χ4n) is 1.26. The van der Waals surface area contributed by atoms with Crippen LogP contribution < -0.4 is 5.32 Å². The number of carbonyl (C=O) groups is 1. The van der Waals surface area contributed by atoms with Crippen LogP contribution in [-0.2, 0) is 9.53 Å². The fourth-order valence-corrected chi connectivity index (χ4v) is 1.26. The molecule has 0 aromatic heterocycles. The molecule has 2 N–H and O–H groups in total. The van der Waals surface area contributed by atoms with Gasteiger partial charge in [-0.25, -0.2) is 0 Å². The summed E-state index contributed by atoms with van der Waals surface area (Å²) in [6, 6.07) is 0. The van der Waals surface area contributed by atoms with Gasteiger partial charge in [0, 0.05) is 13.2 Å². The topological polar surface area (TPSA) is 58.6 Å². The van der Waals surface area contributed by atoms with Crippen LogP contribution in [0.25, 0.3) is 0 Å². The lowest BCUT2D eigenvalue weighted by atomic mass is 10.1. The Morgan fingerprint density at radius 2 is 1.94 bits per heavy atom. The predicted molar refractivity (Wildman–Crippen MR) is 60.4 cm³/mol. The van der Waals surface area contributed by atoms with Gasteiger partial charge in [-0.15, -0.1) is 0 Å². The minimum atomic E-state index is -4.71. The van der Waals surface area contributed by atoms with E-state index in [1.54, 1.807) is 0 Å². The first-order valence-electron chi connectivity index (χ1n) is 5.87. The van der Waals surface area contributed by atoms with Crippen molar-refractivity contribution in [3.8, 4) is 0 Å². The number of hydrogen-bond donors (Lipinski definition) is 2. The SMILES string of the molecule is CC(C)OCCCCNCC(C(=O)O)C(F)(F)F. The van der Waals surface area contributed by atoms with Gasteiger partial charge in [-0.05, 0) is 33.2 Å². The summed E-state index contributed by atoms with van der Waals surface area (Å²) < 4.78 is 42.0. The second-order valence-electron chi connectivity index (χ2n) is 4.26. The second kappa shape index (κ2) is 8.31. The molecule has 108 valence electrons. The molecule has 0 aliphatic heterocycles. The third-order valence-corrected chi connectivity index (χ3v) is 2.24. The van der Waals surface area contributed by atoms with E-state index in [9.17, 15) is 18.0 Å². The van der Waals surface area contributed by atoms with Crippen molar-refractivity contribution in [2.45, 2.75) is 39.0 Å². The van der Waals surface area contributed by atoms with Crippen molar-refractivity contribution < 1.29 is 27.8 Å². The number of unbranched alkanes of at least 4 members (excludes halogenated alkanes) is 1. The maximum atomic E-state index is 12.2. The summed E-state index contributed by atoms with van der Waals surface area (Å²) in [5, 5.41) is 10.9. The molecule has 0 aliphatic rings. The van der Waals surface area contributed by atoms with Crippen molar-refractivity contribution in [1.82, 2.24) is 5.32 Å².